The maximum Gasteiger partial charge on any atom is 0.258 e. The lowest BCUT2D eigenvalue weighted by molar-refractivity contribution is 0.0988. The fraction of sp³-hybridized carbons (Fsp3) is 0.105. The lowest BCUT2D eigenvalue weighted by atomic mass is 10.1. The molecular weight excluding hydrogens is 338 g/mol. The van der Waals surface area contributed by atoms with Gasteiger partial charge >= 0.3 is 0 Å². The normalized spacial score (nSPS) is 10.6. The summed E-state index contributed by atoms with van der Waals surface area (Å²) < 4.78 is 0.970. The molecule has 3 rings (SSSR count). The smallest absolute Gasteiger partial charge is 0.258 e. The molecule has 0 saturated heterocycles. The van der Waals surface area contributed by atoms with Crippen LogP contribution in [-0.2, 0) is 0 Å². The number of hydrogen-bond donors (Lipinski definition) is 0. The Hall–Kier alpha value is -2.13. The largest absolute Gasteiger partial charge is 0.308 e. The van der Waals surface area contributed by atoms with Crippen LogP contribution in [0.25, 0.3) is 10.8 Å². The van der Waals surface area contributed by atoms with E-state index in [1.54, 1.807) is 0 Å². The van der Waals surface area contributed by atoms with E-state index in [-0.39, 0.29) is 5.91 Å². The first-order chi connectivity index (χ1) is 10.7. The molecule has 0 radical (unpaired) electrons. The molecule has 0 aliphatic carbocycles. The number of anilines is 1. The van der Waals surface area contributed by atoms with Gasteiger partial charge in [-0.3, -0.25) is 4.79 Å². The van der Waals surface area contributed by atoms with Crippen molar-refractivity contribution in [2.24, 2.45) is 0 Å². The number of halogens is 1. The van der Waals surface area contributed by atoms with Gasteiger partial charge in [-0.05, 0) is 42.6 Å². The third-order valence-electron chi connectivity index (χ3n) is 3.71. The van der Waals surface area contributed by atoms with E-state index in [1.807, 2.05) is 60.4 Å². The molecule has 0 aliphatic heterocycles. The van der Waals surface area contributed by atoms with Gasteiger partial charge < -0.3 is 4.90 Å². The second kappa shape index (κ2) is 6.32. The van der Waals surface area contributed by atoms with Crippen LogP contribution in [0.3, 0.4) is 0 Å². The van der Waals surface area contributed by atoms with Crippen LogP contribution in [0.4, 0.5) is 5.69 Å². The lowest BCUT2D eigenvalue weighted by Gasteiger charge is -2.23. The number of nitrogens with zero attached hydrogens (tertiary/aromatic N) is 1. The minimum atomic E-state index is 0.0198. The van der Waals surface area contributed by atoms with Gasteiger partial charge in [-0.25, -0.2) is 0 Å². The molecule has 0 heterocycles. The second-order valence-corrected chi connectivity index (χ2v) is 5.97. The highest BCUT2D eigenvalue weighted by Crippen LogP contribution is 2.28. The van der Waals surface area contributed by atoms with Crippen molar-refractivity contribution in [3.05, 3.63) is 76.8 Å². The third-order valence-corrected chi connectivity index (χ3v) is 4.24. The zero-order valence-electron chi connectivity index (χ0n) is 12.3. The number of hydrogen-bond acceptors (Lipinski definition) is 1. The number of benzene rings is 3. The van der Waals surface area contributed by atoms with E-state index < -0.39 is 0 Å². The quantitative estimate of drug-likeness (QED) is 0.628. The number of carbonyl (C=O) groups excluding carboxylic acids is 1. The molecule has 22 heavy (non-hydrogen) atoms. The maximum atomic E-state index is 12.8. The number of fused-ring (bicyclic) bond motifs is 1. The van der Waals surface area contributed by atoms with Crippen LogP contribution in [-0.4, -0.2) is 12.5 Å². The second-order valence-electron chi connectivity index (χ2n) is 5.05. The van der Waals surface area contributed by atoms with E-state index in [4.69, 9.17) is 0 Å². The molecule has 0 aliphatic rings. The van der Waals surface area contributed by atoms with Crippen LogP contribution in [0, 0.1) is 0 Å². The molecule has 110 valence electrons. The van der Waals surface area contributed by atoms with Crippen molar-refractivity contribution in [3.63, 3.8) is 0 Å². The van der Waals surface area contributed by atoms with Crippen molar-refractivity contribution < 1.29 is 4.79 Å². The van der Waals surface area contributed by atoms with Gasteiger partial charge in [0.05, 0.1) is 5.69 Å². The third kappa shape index (κ3) is 2.77. The van der Waals surface area contributed by atoms with Crippen molar-refractivity contribution in [3.8, 4) is 0 Å². The fourth-order valence-electron chi connectivity index (χ4n) is 2.62. The van der Waals surface area contributed by atoms with Crippen molar-refractivity contribution >= 4 is 38.3 Å². The summed E-state index contributed by atoms with van der Waals surface area (Å²) in [6, 6.07) is 21.7. The maximum absolute atomic E-state index is 12.8. The summed E-state index contributed by atoms with van der Waals surface area (Å²) >= 11 is 3.40. The van der Waals surface area contributed by atoms with E-state index in [0.29, 0.717) is 12.1 Å². The van der Waals surface area contributed by atoms with Crippen molar-refractivity contribution in [2.45, 2.75) is 6.92 Å². The van der Waals surface area contributed by atoms with Gasteiger partial charge in [0.2, 0.25) is 0 Å². The van der Waals surface area contributed by atoms with E-state index >= 15 is 0 Å². The van der Waals surface area contributed by atoms with Crippen LogP contribution in [0.2, 0.25) is 0 Å². The molecule has 3 aromatic carbocycles. The Labute approximate surface area is 138 Å². The van der Waals surface area contributed by atoms with Crippen LogP contribution in [0.15, 0.2) is 71.2 Å². The highest BCUT2D eigenvalue weighted by Gasteiger charge is 2.17. The average Bonchev–Trinajstić information content (AvgIpc) is 2.56. The highest BCUT2D eigenvalue weighted by molar-refractivity contribution is 9.10. The molecule has 0 saturated carbocycles. The van der Waals surface area contributed by atoms with Crippen molar-refractivity contribution in [1.82, 2.24) is 0 Å². The zero-order valence-corrected chi connectivity index (χ0v) is 13.9. The van der Waals surface area contributed by atoms with E-state index in [1.165, 1.54) is 0 Å². The van der Waals surface area contributed by atoms with Crippen LogP contribution in [0.1, 0.15) is 17.3 Å². The topological polar surface area (TPSA) is 20.3 Å². The highest BCUT2D eigenvalue weighted by atomic mass is 79.9. The summed E-state index contributed by atoms with van der Waals surface area (Å²) in [6.45, 7) is 2.63. The minimum Gasteiger partial charge on any atom is -0.308 e. The molecule has 2 nitrogen and oxygen atoms in total. The Bertz CT molecular complexity index is 806. The molecule has 1 amide bonds. The molecule has 0 atom stereocenters. The Morgan fingerprint density at radius 3 is 2.36 bits per heavy atom. The summed E-state index contributed by atoms with van der Waals surface area (Å²) in [6.07, 6.45) is 0. The van der Waals surface area contributed by atoms with Crippen LogP contribution >= 0.6 is 15.9 Å². The van der Waals surface area contributed by atoms with Gasteiger partial charge in [-0.15, -0.1) is 0 Å². The molecule has 0 fully saturated rings. The van der Waals surface area contributed by atoms with Gasteiger partial charge in [0.1, 0.15) is 0 Å². The molecular formula is C19H16BrNO. The Morgan fingerprint density at radius 2 is 1.64 bits per heavy atom. The molecule has 0 spiro atoms. The summed E-state index contributed by atoms with van der Waals surface area (Å²) in [5.74, 6) is 0.0198. The van der Waals surface area contributed by atoms with E-state index in [2.05, 4.69) is 34.1 Å². The summed E-state index contributed by atoms with van der Waals surface area (Å²) in [5, 5.41) is 2.24. The van der Waals surface area contributed by atoms with Gasteiger partial charge in [-0.1, -0.05) is 52.3 Å². The molecule has 3 aromatic rings. The number of rotatable bonds is 3. The van der Waals surface area contributed by atoms with Gasteiger partial charge in [0.25, 0.3) is 5.91 Å². The van der Waals surface area contributed by atoms with Crippen molar-refractivity contribution in [1.29, 1.82) is 0 Å². The first-order valence-corrected chi connectivity index (χ1v) is 8.05. The SMILES string of the molecule is CCN(C(=O)c1ccc(Br)cc1)c1cccc2ccccc12. The Kier molecular flexibility index (Phi) is 4.25. The van der Waals surface area contributed by atoms with Crippen molar-refractivity contribution in [2.75, 3.05) is 11.4 Å². The van der Waals surface area contributed by atoms with Gasteiger partial charge in [0, 0.05) is 22.0 Å². The molecule has 0 aromatic heterocycles. The Balaban J connectivity index is 2.06. The molecule has 0 bridgehead atoms. The zero-order chi connectivity index (χ0) is 15.5. The summed E-state index contributed by atoms with van der Waals surface area (Å²) in [4.78, 5) is 14.7. The molecule has 0 unspecified atom stereocenters. The van der Waals surface area contributed by atoms with Gasteiger partial charge in [-0.2, -0.15) is 0 Å². The number of carbonyl (C=O) groups is 1. The summed E-state index contributed by atoms with van der Waals surface area (Å²) in [5.41, 5.74) is 1.64. The van der Waals surface area contributed by atoms with Crippen LogP contribution in [0.5, 0.6) is 0 Å². The minimum absolute atomic E-state index is 0.0198. The standard InChI is InChI=1S/C19H16BrNO/c1-2-21(19(22)15-10-12-16(20)13-11-15)18-9-5-7-14-6-3-4-8-17(14)18/h3-13H,2H2,1H3. The van der Waals surface area contributed by atoms with Gasteiger partial charge in [0.15, 0.2) is 0 Å². The molecule has 3 heteroatoms. The predicted molar refractivity (Wildman–Crippen MR) is 95.4 cm³/mol. The molecule has 0 N–H and O–H groups in total. The fourth-order valence-corrected chi connectivity index (χ4v) is 2.88. The number of amides is 1. The predicted octanol–water partition coefficient (Wildman–Crippen LogP) is 5.27. The van der Waals surface area contributed by atoms with E-state index in [0.717, 1.165) is 20.9 Å². The Morgan fingerprint density at radius 1 is 0.955 bits per heavy atom. The first kappa shape index (κ1) is 14.8. The summed E-state index contributed by atoms with van der Waals surface area (Å²) in [7, 11) is 0. The first-order valence-electron chi connectivity index (χ1n) is 7.26. The van der Waals surface area contributed by atoms with Crippen LogP contribution < -0.4 is 4.90 Å². The average molecular weight is 354 g/mol. The van der Waals surface area contributed by atoms with E-state index in [9.17, 15) is 4.79 Å². The monoisotopic (exact) mass is 353 g/mol. The lowest BCUT2D eigenvalue weighted by Crippen LogP contribution is -2.30.